The number of rotatable bonds is 8. The average Bonchev–Trinajstić information content (AvgIpc) is 2.67. The van der Waals surface area contributed by atoms with Gasteiger partial charge in [-0.2, -0.15) is 0 Å². The van der Waals surface area contributed by atoms with E-state index in [4.69, 9.17) is 9.47 Å². The maximum atomic E-state index is 9.44. The van der Waals surface area contributed by atoms with E-state index in [9.17, 15) is 10.2 Å². The molecule has 3 aromatic carbocycles. The van der Waals surface area contributed by atoms with E-state index >= 15 is 0 Å². The summed E-state index contributed by atoms with van der Waals surface area (Å²) in [5.41, 5.74) is 0.830. The Labute approximate surface area is 158 Å². The summed E-state index contributed by atoms with van der Waals surface area (Å²) in [7, 11) is 1.89. The van der Waals surface area contributed by atoms with Crippen molar-refractivity contribution in [2.45, 2.75) is 0 Å². The minimum absolute atomic E-state index is 0.180. The van der Waals surface area contributed by atoms with Crippen LogP contribution in [0.4, 0.5) is 5.69 Å². The molecule has 0 aromatic heterocycles. The van der Waals surface area contributed by atoms with Crippen molar-refractivity contribution in [2.75, 3.05) is 25.5 Å². The highest BCUT2D eigenvalue weighted by Crippen LogP contribution is 2.35. The summed E-state index contributed by atoms with van der Waals surface area (Å²) in [6.45, 7) is 1.55. The molecule has 0 amide bonds. The van der Waals surface area contributed by atoms with E-state index in [0.717, 1.165) is 18.8 Å². The molecular weight excluding hydrogens is 344 g/mol. The molecule has 140 valence electrons. The van der Waals surface area contributed by atoms with Crippen molar-refractivity contribution in [2.24, 2.45) is 0 Å². The van der Waals surface area contributed by atoms with Crippen LogP contribution >= 0.6 is 0 Å². The number of phenolic OH excluding ortho intramolecular Hbond substituents is 2. The van der Waals surface area contributed by atoms with Crippen LogP contribution in [0, 0.1) is 0 Å². The second kappa shape index (κ2) is 8.82. The van der Waals surface area contributed by atoms with Crippen LogP contribution in [0.1, 0.15) is 0 Å². The van der Waals surface area contributed by atoms with E-state index in [1.54, 1.807) is 54.6 Å². The SMILES string of the molecule is CNCCNc1ccc(Oc2ccc(O)cc2)cc1Oc1ccc(O)cc1. The molecule has 3 aromatic rings. The molecule has 0 bridgehead atoms. The van der Waals surface area contributed by atoms with Crippen LogP contribution in [-0.2, 0) is 0 Å². The largest absolute Gasteiger partial charge is 0.508 e. The lowest BCUT2D eigenvalue weighted by atomic mass is 10.2. The number of hydrogen-bond acceptors (Lipinski definition) is 6. The van der Waals surface area contributed by atoms with Gasteiger partial charge in [0.2, 0.25) is 0 Å². The van der Waals surface area contributed by atoms with Gasteiger partial charge in [0.05, 0.1) is 5.69 Å². The molecule has 0 fully saturated rings. The fourth-order valence-electron chi connectivity index (χ4n) is 2.41. The molecule has 0 unspecified atom stereocenters. The van der Waals surface area contributed by atoms with Crippen LogP contribution in [-0.4, -0.2) is 30.4 Å². The van der Waals surface area contributed by atoms with Gasteiger partial charge in [-0.05, 0) is 67.7 Å². The summed E-state index contributed by atoms with van der Waals surface area (Å²) in [4.78, 5) is 0. The van der Waals surface area contributed by atoms with Crippen LogP contribution in [0.25, 0.3) is 0 Å². The molecule has 0 atom stereocenters. The van der Waals surface area contributed by atoms with Gasteiger partial charge in [0.15, 0.2) is 5.75 Å². The molecule has 27 heavy (non-hydrogen) atoms. The molecule has 0 aliphatic heterocycles. The van der Waals surface area contributed by atoms with Crippen LogP contribution in [0.15, 0.2) is 66.7 Å². The number of anilines is 1. The quantitative estimate of drug-likeness (QED) is 0.445. The Morgan fingerprint density at radius 2 is 1.26 bits per heavy atom. The fraction of sp³-hybridized carbons (Fsp3) is 0.143. The maximum Gasteiger partial charge on any atom is 0.154 e. The van der Waals surface area contributed by atoms with Crippen molar-refractivity contribution >= 4 is 5.69 Å². The molecule has 0 spiro atoms. The third-order valence-electron chi connectivity index (χ3n) is 3.78. The number of nitrogens with one attached hydrogen (secondary N) is 2. The van der Waals surface area contributed by atoms with E-state index in [1.165, 1.54) is 0 Å². The standard InChI is InChI=1S/C21H22N2O4/c1-22-12-13-23-20-11-10-19(26-17-6-2-15(24)3-7-17)14-21(20)27-18-8-4-16(25)5-9-18/h2-11,14,22-25H,12-13H2,1H3. The highest BCUT2D eigenvalue weighted by atomic mass is 16.5. The molecular formula is C21H22N2O4. The smallest absolute Gasteiger partial charge is 0.154 e. The zero-order valence-corrected chi connectivity index (χ0v) is 15.0. The molecule has 0 radical (unpaired) electrons. The Bertz CT molecular complexity index is 864. The molecule has 6 nitrogen and oxygen atoms in total. The Balaban J connectivity index is 1.83. The molecule has 0 aliphatic carbocycles. The molecule has 0 heterocycles. The van der Waals surface area contributed by atoms with Gasteiger partial charge >= 0.3 is 0 Å². The Kier molecular flexibility index (Phi) is 6.02. The third kappa shape index (κ3) is 5.29. The molecule has 6 heteroatoms. The van der Waals surface area contributed by atoms with E-state index in [-0.39, 0.29) is 11.5 Å². The van der Waals surface area contributed by atoms with Crippen molar-refractivity contribution in [3.8, 4) is 34.5 Å². The van der Waals surface area contributed by atoms with Crippen LogP contribution in [0.3, 0.4) is 0 Å². The van der Waals surface area contributed by atoms with Crippen LogP contribution < -0.4 is 20.1 Å². The van der Waals surface area contributed by atoms with Crippen molar-refractivity contribution < 1.29 is 19.7 Å². The average molecular weight is 366 g/mol. The van der Waals surface area contributed by atoms with Gasteiger partial charge in [-0.1, -0.05) is 0 Å². The number of phenols is 2. The van der Waals surface area contributed by atoms with Gasteiger partial charge < -0.3 is 30.3 Å². The minimum atomic E-state index is 0.180. The maximum absolute atomic E-state index is 9.44. The number of ether oxygens (including phenoxy) is 2. The summed E-state index contributed by atoms with van der Waals surface area (Å²) in [6, 6.07) is 18.6. The number of benzene rings is 3. The van der Waals surface area contributed by atoms with Gasteiger partial charge in [0, 0.05) is 19.2 Å². The topological polar surface area (TPSA) is 83.0 Å². The first kappa shape index (κ1) is 18.4. The number of likely N-dealkylation sites (N-methyl/N-ethyl adjacent to an activating group) is 1. The first-order chi connectivity index (χ1) is 13.1. The first-order valence-corrected chi connectivity index (χ1v) is 8.60. The zero-order valence-electron chi connectivity index (χ0n) is 15.0. The van der Waals surface area contributed by atoms with E-state index < -0.39 is 0 Å². The van der Waals surface area contributed by atoms with E-state index in [1.807, 2.05) is 19.2 Å². The zero-order chi connectivity index (χ0) is 19.1. The van der Waals surface area contributed by atoms with Crippen molar-refractivity contribution in [3.63, 3.8) is 0 Å². The predicted molar refractivity (Wildman–Crippen MR) is 105 cm³/mol. The number of aromatic hydroxyl groups is 2. The monoisotopic (exact) mass is 366 g/mol. The van der Waals surface area contributed by atoms with Crippen molar-refractivity contribution in [3.05, 3.63) is 66.7 Å². The summed E-state index contributed by atoms with van der Waals surface area (Å²) in [5.74, 6) is 2.79. The normalized spacial score (nSPS) is 10.4. The molecule has 3 rings (SSSR count). The summed E-state index contributed by atoms with van der Waals surface area (Å²) in [6.07, 6.45) is 0. The summed E-state index contributed by atoms with van der Waals surface area (Å²) >= 11 is 0. The van der Waals surface area contributed by atoms with Gasteiger partial charge in [-0.25, -0.2) is 0 Å². The van der Waals surface area contributed by atoms with Gasteiger partial charge in [0.25, 0.3) is 0 Å². The van der Waals surface area contributed by atoms with Crippen molar-refractivity contribution in [1.82, 2.24) is 5.32 Å². The number of hydrogen-bond donors (Lipinski definition) is 4. The van der Waals surface area contributed by atoms with E-state index in [0.29, 0.717) is 23.0 Å². The lowest BCUT2D eigenvalue weighted by Gasteiger charge is -2.15. The van der Waals surface area contributed by atoms with Crippen molar-refractivity contribution in [1.29, 1.82) is 0 Å². The molecule has 0 aliphatic rings. The molecule has 0 saturated carbocycles. The first-order valence-electron chi connectivity index (χ1n) is 8.60. The predicted octanol–water partition coefficient (Wildman–Crippen LogP) is 4.31. The minimum Gasteiger partial charge on any atom is -0.508 e. The highest BCUT2D eigenvalue weighted by Gasteiger charge is 2.09. The van der Waals surface area contributed by atoms with Gasteiger partial charge in [-0.15, -0.1) is 0 Å². The van der Waals surface area contributed by atoms with Gasteiger partial charge in [0.1, 0.15) is 28.7 Å². The third-order valence-corrected chi connectivity index (χ3v) is 3.78. The Hall–Kier alpha value is -3.38. The Morgan fingerprint density at radius 1 is 0.704 bits per heavy atom. The molecule has 0 saturated heterocycles. The summed E-state index contributed by atoms with van der Waals surface area (Å²) in [5, 5.41) is 25.2. The van der Waals surface area contributed by atoms with Crippen LogP contribution in [0.2, 0.25) is 0 Å². The van der Waals surface area contributed by atoms with E-state index in [2.05, 4.69) is 10.6 Å². The second-order valence-corrected chi connectivity index (χ2v) is 5.88. The molecule has 4 N–H and O–H groups in total. The lowest BCUT2D eigenvalue weighted by Crippen LogP contribution is -2.17. The second-order valence-electron chi connectivity index (χ2n) is 5.88. The lowest BCUT2D eigenvalue weighted by molar-refractivity contribution is 0.453. The highest BCUT2D eigenvalue weighted by molar-refractivity contribution is 5.61. The Morgan fingerprint density at radius 3 is 1.85 bits per heavy atom. The van der Waals surface area contributed by atoms with Gasteiger partial charge in [-0.3, -0.25) is 0 Å². The summed E-state index contributed by atoms with van der Waals surface area (Å²) < 4.78 is 11.8. The fourth-order valence-corrected chi connectivity index (χ4v) is 2.41. The van der Waals surface area contributed by atoms with Crippen LogP contribution in [0.5, 0.6) is 34.5 Å².